The van der Waals surface area contributed by atoms with Crippen molar-refractivity contribution in [3.63, 3.8) is 0 Å². The average Bonchev–Trinajstić information content (AvgIpc) is 2.37. The van der Waals surface area contributed by atoms with Gasteiger partial charge in [-0.05, 0) is 52.9 Å². The van der Waals surface area contributed by atoms with Gasteiger partial charge in [-0.25, -0.2) is 0 Å². The van der Waals surface area contributed by atoms with E-state index in [1.54, 1.807) is 0 Å². The first-order valence-corrected chi connectivity index (χ1v) is 10.4. The van der Waals surface area contributed by atoms with Gasteiger partial charge in [-0.3, -0.25) is 8.98 Å². The molecule has 2 rings (SSSR count). The molecule has 0 unspecified atom stereocenters. The molecule has 24 heavy (non-hydrogen) atoms. The van der Waals surface area contributed by atoms with Crippen LogP contribution in [0, 0.1) is 11.3 Å². The fraction of sp³-hybridized carbons (Fsp3) is 0.833. The predicted molar refractivity (Wildman–Crippen MR) is 92.9 cm³/mol. The zero-order valence-corrected chi connectivity index (χ0v) is 16.5. The number of carbonyl (C=O) groups excluding carboxylic acids is 1. The molecule has 2 aliphatic carbocycles. The summed E-state index contributed by atoms with van der Waals surface area (Å²) in [6.45, 7) is 9.46. The molecule has 6 heteroatoms. The Morgan fingerprint density at radius 2 is 1.96 bits per heavy atom. The lowest BCUT2D eigenvalue weighted by Crippen LogP contribution is -2.50. The van der Waals surface area contributed by atoms with Gasteiger partial charge in [-0.2, -0.15) is 8.42 Å². The molecule has 0 aromatic carbocycles. The fourth-order valence-electron chi connectivity index (χ4n) is 4.46. The van der Waals surface area contributed by atoms with Crippen LogP contribution in [0.25, 0.3) is 0 Å². The monoisotopic (exact) mass is 358 g/mol. The molecule has 2 aliphatic rings. The standard InChI is InChI=1S/C18H30O5S/c1-12-8-7-9-18(5)15(12)10-14(17(3,4)22-13(2)19)11-16(18)23-24(6,20)21/h14,16H,7-11H2,1-6H3/t14-,16-,18-/m0/s1. The Hall–Kier alpha value is -0.880. The summed E-state index contributed by atoms with van der Waals surface area (Å²) in [6.07, 6.45) is 5.11. The van der Waals surface area contributed by atoms with Crippen molar-refractivity contribution in [2.75, 3.05) is 6.26 Å². The second-order valence-electron chi connectivity index (χ2n) is 8.15. The molecule has 0 aromatic rings. The number of rotatable bonds is 4. The van der Waals surface area contributed by atoms with Gasteiger partial charge in [-0.1, -0.05) is 18.1 Å². The summed E-state index contributed by atoms with van der Waals surface area (Å²) in [5.74, 6) is -0.285. The molecule has 0 aliphatic heterocycles. The Labute approximate surface area is 145 Å². The minimum atomic E-state index is -3.55. The summed E-state index contributed by atoms with van der Waals surface area (Å²) in [5.41, 5.74) is 1.71. The Bertz CT molecular complexity index is 646. The van der Waals surface area contributed by atoms with E-state index in [0.717, 1.165) is 31.9 Å². The van der Waals surface area contributed by atoms with E-state index < -0.39 is 21.8 Å². The smallest absolute Gasteiger partial charge is 0.303 e. The van der Waals surface area contributed by atoms with Crippen LogP contribution in [0.4, 0.5) is 0 Å². The predicted octanol–water partition coefficient (Wildman–Crippen LogP) is 3.59. The van der Waals surface area contributed by atoms with Gasteiger partial charge in [0.05, 0.1) is 12.4 Å². The van der Waals surface area contributed by atoms with Crippen LogP contribution in [-0.4, -0.2) is 32.3 Å². The van der Waals surface area contributed by atoms with Gasteiger partial charge in [0.1, 0.15) is 5.60 Å². The van der Waals surface area contributed by atoms with E-state index in [0.29, 0.717) is 6.42 Å². The summed E-state index contributed by atoms with van der Waals surface area (Å²) in [6, 6.07) is 0. The van der Waals surface area contributed by atoms with Crippen LogP contribution < -0.4 is 0 Å². The lowest BCUT2D eigenvalue weighted by molar-refractivity contribution is -0.162. The fourth-order valence-corrected chi connectivity index (χ4v) is 5.17. The molecular formula is C18H30O5S. The van der Waals surface area contributed by atoms with Crippen molar-refractivity contribution in [3.05, 3.63) is 11.1 Å². The SMILES string of the molecule is CC(=O)OC(C)(C)[C@H]1CC2=C(C)CCC[C@]2(C)[C@@H](OS(C)(=O)=O)C1. The van der Waals surface area contributed by atoms with E-state index in [1.807, 2.05) is 13.8 Å². The van der Waals surface area contributed by atoms with Crippen LogP contribution >= 0.6 is 0 Å². The summed E-state index contributed by atoms with van der Waals surface area (Å²) >= 11 is 0. The van der Waals surface area contributed by atoms with Gasteiger partial charge >= 0.3 is 5.97 Å². The number of fused-ring (bicyclic) bond motifs is 1. The Kier molecular flexibility index (Phi) is 5.22. The van der Waals surface area contributed by atoms with Crippen molar-refractivity contribution in [2.24, 2.45) is 11.3 Å². The van der Waals surface area contributed by atoms with Crippen LogP contribution in [0.2, 0.25) is 0 Å². The maximum atomic E-state index is 11.8. The Morgan fingerprint density at radius 1 is 1.33 bits per heavy atom. The summed E-state index contributed by atoms with van der Waals surface area (Å²) in [4.78, 5) is 11.5. The molecule has 1 fully saturated rings. The second kappa shape index (κ2) is 6.45. The third-order valence-corrected chi connectivity index (χ3v) is 6.37. The number of hydrogen-bond acceptors (Lipinski definition) is 5. The normalized spacial score (nSPS) is 31.6. The van der Waals surface area contributed by atoms with Crippen LogP contribution in [-0.2, 0) is 23.8 Å². The highest BCUT2D eigenvalue weighted by molar-refractivity contribution is 7.86. The molecule has 0 amide bonds. The van der Waals surface area contributed by atoms with Gasteiger partial charge in [0.2, 0.25) is 0 Å². The molecule has 0 bridgehead atoms. The molecule has 1 saturated carbocycles. The third-order valence-electron chi connectivity index (χ3n) is 5.79. The number of ether oxygens (including phenoxy) is 1. The first-order valence-electron chi connectivity index (χ1n) is 8.62. The molecule has 138 valence electrons. The molecule has 0 radical (unpaired) electrons. The van der Waals surface area contributed by atoms with Gasteiger partial charge in [-0.15, -0.1) is 0 Å². The minimum Gasteiger partial charge on any atom is -0.460 e. The van der Waals surface area contributed by atoms with Gasteiger partial charge < -0.3 is 4.74 Å². The van der Waals surface area contributed by atoms with Gasteiger partial charge in [0, 0.05) is 18.3 Å². The number of allylic oxidation sites excluding steroid dienone is 1. The summed E-state index contributed by atoms with van der Waals surface area (Å²) < 4.78 is 34.7. The van der Waals surface area contributed by atoms with E-state index in [-0.39, 0.29) is 17.3 Å². The largest absolute Gasteiger partial charge is 0.460 e. The number of hydrogen-bond donors (Lipinski definition) is 0. The number of esters is 1. The highest BCUT2D eigenvalue weighted by Crippen LogP contribution is 2.54. The van der Waals surface area contributed by atoms with E-state index in [2.05, 4.69) is 13.8 Å². The molecule has 0 aromatic heterocycles. The van der Waals surface area contributed by atoms with E-state index >= 15 is 0 Å². The molecule has 3 atom stereocenters. The highest BCUT2D eigenvalue weighted by Gasteiger charge is 2.51. The summed E-state index contributed by atoms with van der Waals surface area (Å²) in [7, 11) is -3.55. The van der Waals surface area contributed by atoms with Crippen molar-refractivity contribution < 1.29 is 22.1 Å². The van der Waals surface area contributed by atoms with Crippen LogP contribution in [0.15, 0.2) is 11.1 Å². The third kappa shape index (κ3) is 4.02. The first kappa shape index (κ1) is 19.4. The molecular weight excluding hydrogens is 328 g/mol. The van der Waals surface area contributed by atoms with Crippen molar-refractivity contribution in [1.29, 1.82) is 0 Å². The van der Waals surface area contributed by atoms with Crippen LogP contribution in [0.1, 0.15) is 66.7 Å². The molecule has 5 nitrogen and oxygen atoms in total. The zero-order valence-electron chi connectivity index (χ0n) is 15.6. The lowest BCUT2D eigenvalue weighted by Gasteiger charge is -2.51. The van der Waals surface area contributed by atoms with Crippen molar-refractivity contribution >= 4 is 16.1 Å². The van der Waals surface area contributed by atoms with Crippen molar-refractivity contribution in [1.82, 2.24) is 0 Å². The van der Waals surface area contributed by atoms with Gasteiger partial charge in [0.25, 0.3) is 10.1 Å². The molecule has 0 N–H and O–H groups in total. The van der Waals surface area contributed by atoms with E-state index in [9.17, 15) is 13.2 Å². The lowest BCUT2D eigenvalue weighted by atomic mass is 9.58. The molecule has 0 saturated heterocycles. The van der Waals surface area contributed by atoms with E-state index in [4.69, 9.17) is 8.92 Å². The first-order chi connectivity index (χ1) is 10.8. The summed E-state index contributed by atoms with van der Waals surface area (Å²) in [5, 5.41) is 0. The zero-order chi connectivity index (χ0) is 18.3. The average molecular weight is 359 g/mol. The van der Waals surface area contributed by atoms with Gasteiger partial charge in [0.15, 0.2) is 0 Å². The number of carbonyl (C=O) groups is 1. The van der Waals surface area contributed by atoms with E-state index in [1.165, 1.54) is 18.1 Å². The maximum Gasteiger partial charge on any atom is 0.303 e. The topological polar surface area (TPSA) is 69.7 Å². The van der Waals surface area contributed by atoms with Crippen molar-refractivity contribution in [3.8, 4) is 0 Å². The molecule has 0 heterocycles. The quantitative estimate of drug-likeness (QED) is 0.436. The Morgan fingerprint density at radius 3 is 2.50 bits per heavy atom. The second-order valence-corrected chi connectivity index (χ2v) is 9.75. The maximum absolute atomic E-state index is 11.8. The van der Waals surface area contributed by atoms with Crippen LogP contribution in [0.5, 0.6) is 0 Å². The molecule has 0 spiro atoms. The van der Waals surface area contributed by atoms with Crippen molar-refractivity contribution in [2.45, 2.75) is 78.4 Å². The Balaban J connectivity index is 2.42. The highest BCUT2D eigenvalue weighted by atomic mass is 32.2. The minimum absolute atomic E-state index is 0.0317. The van der Waals surface area contributed by atoms with Crippen LogP contribution in [0.3, 0.4) is 0 Å².